The average Bonchev–Trinajstić information content (AvgIpc) is 2.28. The highest BCUT2D eigenvalue weighted by Gasteiger charge is 2.16. The molecule has 0 radical (unpaired) electrons. The highest BCUT2D eigenvalue weighted by atomic mass is 19.2. The number of nitrogens with two attached hydrogens (primary N) is 1. The smallest absolute Gasteiger partial charge is 0.162 e. The third-order valence-corrected chi connectivity index (χ3v) is 2.82. The van der Waals surface area contributed by atoms with E-state index in [9.17, 15) is 8.78 Å². The van der Waals surface area contributed by atoms with Gasteiger partial charge in [-0.3, -0.25) is 0 Å². The van der Waals surface area contributed by atoms with E-state index in [1.165, 1.54) is 0 Å². The Morgan fingerprint density at radius 3 is 2.62 bits per heavy atom. The maximum atomic E-state index is 13.6. The van der Waals surface area contributed by atoms with Crippen molar-refractivity contribution in [3.05, 3.63) is 35.4 Å². The first-order valence-corrected chi connectivity index (χ1v) is 5.84. The van der Waals surface area contributed by atoms with Crippen molar-refractivity contribution < 1.29 is 8.78 Å². The predicted octanol–water partition coefficient (Wildman–Crippen LogP) is 3.59. The normalized spacial score (nSPS) is 12.8. The van der Waals surface area contributed by atoms with Crippen molar-refractivity contribution in [2.45, 2.75) is 38.5 Å². The number of hydrogen-bond donors (Lipinski definition) is 1. The summed E-state index contributed by atoms with van der Waals surface area (Å²) in [4.78, 5) is 0. The molecule has 0 bridgehead atoms. The minimum Gasteiger partial charge on any atom is -0.330 e. The van der Waals surface area contributed by atoms with Crippen LogP contribution in [0.4, 0.5) is 8.78 Å². The molecule has 0 aliphatic rings. The molecule has 1 aromatic carbocycles. The molecular formula is C13H19F2N. The SMILES string of the molecule is CCCC(CCCN)c1cccc(F)c1F. The summed E-state index contributed by atoms with van der Waals surface area (Å²) >= 11 is 0. The van der Waals surface area contributed by atoms with Crippen LogP contribution in [0, 0.1) is 11.6 Å². The van der Waals surface area contributed by atoms with Crippen LogP contribution in [-0.2, 0) is 0 Å². The van der Waals surface area contributed by atoms with Crippen LogP contribution in [0.15, 0.2) is 18.2 Å². The molecule has 1 unspecified atom stereocenters. The Balaban J connectivity index is 2.86. The molecule has 0 spiro atoms. The number of rotatable bonds is 6. The monoisotopic (exact) mass is 227 g/mol. The molecule has 2 N–H and O–H groups in total. The van der Waals surface area contributed by atoms with E-state index in [-0.39, 0.29) is 5.92 Å². The summed E-state index contributed by atoms with van der Waals surface area (Å²) in [5, 5.41) is 0. The Bertz CT molecular complexity index is 326. The molecule has 0 amide bonds. The van der Waals surface area contributed by atoms with Crippen LogP contribution in [0.5, 0.6) is 0 Å². The van der Waals surface area contributed by atoms with Gasteiger partial charge in [0.05, 0.1) is 0 Å². The van der Waals surface area contributed by atoms with Crippen molar-refractivity contribution in [1.82, 2.24) is 0 Å². The quantitative estimate of drug-likeness (QED) is 0.789. The minimum atomic E-state index is -0.758. The van der Waals surface area contributed by atoms with Gasteiger partial charge in [-0.25, -0.2) is 8.78 Å². The van der Waals surface area contributed by atoms with Crippen molar-refractivity contribution >= 4 is 0 Å². The molecule has 0 aliphatic carbocycles. The second-order valence-corrected chi connectivity index (χ2v) is 4.06. The van der Waals surface area contributed by atoms with Gasteiger partial charge in [-0.2, -0.15) is 0 Å². The molecular weight excluding hydrogens is 208 g/mol. The number of halogens is 2. The van der Waals surface area contributed by atoms with Crippen LogP contribution in [0.1, 0.15) is 44.1 Å². The summed E-state index contributed by atoms with van der Waals surface area (Å²) in [6.07, 6.45) is 3.51. The lowest BCUT2D eigenvalue weighted by Gasteiger charge is -2.17. The molecule has 1 aromatic rings. The number of hydrogen-bond acceptors (Lipinski definition) is 1. The second kappa shape index (κ2) is 6.59. The van der Waals surface area contributed by atoms with Gasteiger partial charge in [0.1, 0.15) is 0 Å². The maximum Gasteiger partial charge on any atom is 0.162 e. The van der Waals surface area contributed by atoms with Gasteiger partial charge in [0.15, 0.2) is 11.6 Å². The Morgan fingerprint density at radius 2 is 2.00 bits per heavy atom. The molecule has 0 fully saturated rings. The van der Waals surface area contributed by atoms with Crippen molar-refractivity contribution in [2.24, 2.45) is 5.73 Å². The molecule has 1 rings (SSSR count). The van der Waals surface area contributed by atoms with E-state index in [0.717, 1.165) is 31.7 Å². The Hall–Kier alpha value is -0.960. The topological polar surface area (TPSA) is 26.0 Å². The molecule has 16 heavy (non-hydrogen) atoms. The van der Waals surface area contributed by atoms with E-state index in [1.807, 2.05) is 6.92 Å². The summed E-state index contributed by atoms with van der Waals surface area (Å²) in [5.74, 6) is -1.37. The average molecular weight is 227 g/mol. The summed E-state index contributed by atoms with van der Waals surface area (Å²) in [6.45, 7) is 2.64. The van der Waals surface area contributed by atoms with Gasteiger partial charge in [-0.15, -0.1) is 0 Å². The molecule has 1 atom stereocenters. The second-order valence-electron chi connectivity index (χ2n) is 4.06. The summed E-state index contributed by atoms with van der Waals surface area (Å²) in [7, 11) is 0. The van der Waals surface area contributed by atoms with Crippen LogP contribution in [0.25, 0.3) is 0 Å². The van der Waals surface area contributed by atoms with Crippen LogP contribution >= 0.6 is 0 Å². The fourth-order valence-corrected chi connectivity index (χ4v) is 2.00. The van der Waals surface area contributed by atoms with E-state index in [0.29, 0.717) is 12.1 Å². The first-order chi connectivity index (χ1) is 7.70. The van der Waals surface area contributed by atoms with Crippen molar-refractivity contribution in [1.29, 1.82) is 0 Å². The molecule has 0 aromatic heterocycles. The third-order valence-electron chi connectivity index (χ3n) is 2.82. The lowest BCUT2D eigenvalue weighted by molar-refractivity contribution is 0.467. The van der Waals surface area contributed by atoms with Crippen LogP contribution < -0.4 is 5.73 Å². The van der Waals surface area contributed by atoms with E-state index < -0.39 is 11.6 Å². The van der Waals surface area contributed by atoms with Gasteiger partial charge in [0, 0.05) is 0 Å². The van der Waals surface area contributed by atoms with E-state index in [2.05, 4.69) is 0 Å². The van der Waals surface area contributed by atoms with Gasteiger partial charge < -0.3 is 5.73 Å². The molecule has 0 heterocycles. The van der Waals surface area contributed by atoms with Gasteiger partial charge in [0.25, 0.3) is 0 Å². The van der Waals surface area contributed by atoms with E-state index in [4.69, 9.17) is 5.73 Å². The number of benzene rings is 1. The third kappa shape index (κ3) is 3.27. The Labute approximate surface area is 95.7 Å². The molecule has 1 nitrogen and oxygen atoms in total. The van der Waals surface area contributed by atoms with Crippen LogP contribution in [-0.4, -0.2) is 6.54 Å². The highest BCUT2D eigenvalue weighted by Crippen LogP contribution is 2.29. The zero-order valence-corrected chi connectivity index (χ0v) is 9.68. The molecule has 0 saturated carbocycles. The first-order valence-electron chi connectivity index (χ1n) is 5.84. The maximum absolute atomic E-state index is 13.6. The summed E-state index contributed by atoms with van der Waals surface area (Å²) < 4.78 is 26.7. The zero-order chi connectivity index (χ0) is 12.0. The van der Waals surface area contributed by atoms with E-state index >= 15 is 0 Å². The van der Waals surface area contributed by atoms with Crippen molar-refractivity contribution in [3.8, 4) is 0 Å². The first kappa shape index (κ1) is 13.1. The largest absolute Gasteiger partial charge is 0.330 e. The molecule has 90 valence electrons. The van der Waals surface area contributed by atoms with Crippen LogP contribution in [0.2, 0.25) is 0 Å². The fraction of sp³-hybridized carbons (Fsp3) is 0.538. The molecule has 0 aliphatic heterocycles. The predicted molar refractivity (Wildman–Crippen MR) is 62.3 cm³/mol. The lowest BCUT2D eigenvalue weighted by Crippen LogP contribution is -2.07. The summed E-state index contributed by atoms with van der Waals surface area (Å²) in [5.41, 5.74) is 5.95. The lowest BCUT2D eigenvalue weighted by atomic mass is 9.90. The Kier molecular flexibility index (Phi) is 5.39. The zero-order valence-electron chi connectivity index (χ0n) is 9.68. The van der Waals surface area contributed by atoms with Crippen molar-refractivity contribution in [2.75, 3.05) is 6.54 Å². The fourth-order valence-electron chi connectivity index (χ4n) is 2.00. The summed E-state index contributed by atoms with van der Waals surface area (Å²) in [6, 6.07) is 4.40. The van der Waals surface area contributed by atoms with Gasteiger partial charge in [0.2, 0.25) is 0 Å². The van der Waals surface area contributed by atoms with Gasteiger partial charge >= 0.3 is 0 Å². The van der Waals surface area contributed by atoms with Gasteiger partial charge in [-0.1, -0.05) is 25.5 Å². The van der Waals surface area contributed by atoms with Crippen LogP contribution in [0.3, 0.4) is 0 Å². The molecule has 3 heteroatoms. The van der Waals surface area contributed by atoms with Crippen molar-refractivity contribution in [3.63, 3.8) is 0 Å². The van der Waals surface area contributed by atoms with E-state index in [1.54, 1.807) is 12.1 Å². The Morgan fingerprint density at radius 1 is 1.25 bits per heavy atom. The molecule has 0 saturated heterocycles. The minimum absolute atomic E-state index is 0.0873. The van der Waals surface area contributed by atoms with Gasteiger partial charge in [-0.05, 0) is 43.4 Å². The standard InChI is InChI=1S/C13H19F2N/c1-2-5-10(6-4-9-16)11-7-3-8-12(14)13(11)15/h3,7-8,10H,2,4-6,9,16H2,1H3. The highest BCUT2D eigenvalue weighted by molar-refractivity contribution is 5.23.